The van der Waals surface area contributed by atoms with Crippen LogP contribution in [0.2, 0.25) is 0 Å². The van der Waals surface area contributed by atoms with Crippen LogP contribution in [0.25, 0.3) is 0 Å². The second-order valence-electron chi connectivity index (χ2n) is 2.33. The SMILES string of the molecule is CCCc1c(Br)cncc1Br. The Hall–Kier alpha value is 0.110. The molecule has 0 saturated carbocycles. The fraction of sp³-hybridized carbons (Fsp3) is 0.375. The summed E-state index contributed by atoms with van der Waals surface area (Å²) < 4.78 is 2.18. The first-order chi connectivity index (χ1) is 5.25. The van der Waals surface area contributed by atoms with Gasteiger partial charge in [-0.25, -0.2) is 0 Å². The van der Waals surface area contributed by atoms with Gasteiger partial charge in [-0.3, -0.25) is 4.98 Å². The van der Waals surface area contributed by atoms with Crippen LogP contribution < -0.4 is 0 Å². The first kappa shape index (κ1) is 9.20. The molecule has 1 nitrogen and oxygen atoms in total. The molecule has 0 radical (unpaired) electrons. The molecule has 0 aliphatic rings. The van der Waals surface area contributed by atoms with Crippen molar-refractivity contribution in [2.75, 3.05) is 0 Å². The Bertz CT molecular complexity index is 228. The molecule has 0 amide bonds. The molecule has 0 aromatic carbocycles. The van der Waals surface area contributed by atoms with Crippen molar-refractivity contribution in [3.05, 3.63) is 26.9 Å². The molecule has 0 aliphatic heterocycles. The van der Waals surface area contributed by atoms with Gasteiger partial charge in [0.15, 0.2) is 0 Å². The van der Waals surface area contributed by atoms with E-state index in [1.807, 2.05) is 12.4 Å². The summed E-state index contributed by atoms with van der Waals surface area (Å²) in [7, 11) is 0. The highest BCUT2D eigenvalue weighted by atomic mass is 79.9. The fourth-order valence-electron chi connectivity index (χ4n) is 0.927. The maximum absolute atomic E-state index is 4.03. The Kier molecular flexibility index (Phi) is 3.52. The fourth-order valence-corrected chi connectivity index (χ4v) is 2.25. The quantitative estimate of drug-likeness (QED) is 0.806. The van der Waals surface area contributed by atoms with Crippen molar-refractivity contribution in [3.63, 3.8) is 0 Å². The summed E-state index contributed by atoms with van der Waals surface area (Å²) in [4.78, 5) is 4.03. The van der Waals surface area contributed by atoms with Crippen LogP contribution in [0.3, 0.4) is 0 Å². The van der Waals surface area contributed by atoms with E-state index in [2.05, 4.69) is 43.8 Å². The molecule has 3 heteroatoms. The minimum absolute atomic E-state index is 1.09. The van der Waals surface area contributed by atoms with Crippen molar-refractivity contribution >= 4 is 31.9 Å². The van der Waals surface area contributed by atoms with Crippen molar-refractivity contribution < 1.29 is 0 Å². The van der Waals surface area contributed by atoms with Gasteiger partial charge in [-0.2, -0.15) is 0 Å². The molecule has 0 N–H and O–H groups in total. The average molecular weight is 279 g/mol. The first-order valence-electron chi connectivity index (χ1n) is 3.53. The van der Waals surface area contributed by atoms with Crippen LogP contribution in [0.1, 0.15) is 18.9 Å². The molecule has 1 rings (SSSR count). The van der Waals surface area contributed by atoms with Gasteiger partial charge in [0.2, 0.25) is 0 Å². The summed E-state index contributed by atoms with van der Waals surface area (Å²) in [5, 5.41) is 0. The van der Waals surface area contributed by atoms with Crippen molar-refractivity contribution in [1.82, 2.24) is 4.98 Å². The van der Waals surface area contributed by atoms with E-state index < -0.39 is 0 Å². The standard InChI is InChI=1S/C8H9Br2N/c1-2-3-6-7(9)4-11-5-8(6)10/h4-5H,2-3H2,1H3. The van der Waals surface area contributed by atoms with Crippen LogP contribution in [0.4, 0.5) is 0 Å². The summed E-state index contributed by atoms with van der Waals surface area (Å²) in [5.74, 6) is 0. The summed E-state index contributed by atoms with van der Waals surface area (Å²) in [6.07, 6.45) is 5.90. The van der Waals surface area contributed by atoms with Gasteiger partial charge in [0.1, 0.15) is 0 Å². The molecule has 1 heterocycles. The maximum Gasteiger partial charge on any atom is 0.0413 e. The van der Waals surface area contributed by atoms with Crippen LogP contribution in [-0.2, 0) is 6.42 Å². The summed E-state index contributed by atoms with van der Waals surface area (Å²) in [6, 6.07) is 0. The molecule has 0 unspecified atom stereocenters. The Labute approximate surface area is 83.5 Å². The summed E-state index contributed by atoms with van der Waals surface area (Å²) in [5.41, 5.74) is 1.31. The number of pyridine rings is 1. The van der Waals surface area contributed by atoms with E-state index in [1.54, 1.807) is 0 Å². The first-order valence-corrected chi connectivity index (χ1v) is 5.12. The maximum atomic E-state index is 4.03. The molecular weight excluding hydrogens is 270 g/mol. The van der Waals surface area contributed by atoms with Crippen LogP contribution in [-0.4, -0.2) is 4.98 Å². The highest BCUT2D eigenvalue weighted by Crippen LogP contribution is 2.24. The van der Waals surface area contributed by atoms with Gasteiger partial charge in [-0.05, 0) is 43.8 Å². The van der Waals surface area contributed by atoms with Gasteiger partial charge in [0, 0.05) is 21.3 Å². The zero-order valence-electron chi connectivity index (χ0n) is 6.27. The van der Waals surface area contributed by atoms with Crippen LogP contribution in [0.5, 0.6) is 0 Å². The highest BCUT2D eigenvalue weighted by Gasteiger charge is 2.02. The van der Waals surface area contributed by atoms with E-state index in [0.29, 0.717) is 0 Å². The second kappa shape index (κ2) is 4.21. The third-order valence-electron chi connectivity index (χ3n) is 1.45. The highest BCUT2D eigenvalue weighted by molar-refractivity contribution is 9.11. The average Bonchev–Trinajstić information content (AvgIpc) is 1.97. The van der Waals surface area contributed by atoms with Gasteiger partial charge in [-0.1, -0.05) is 13.3 Å². The second-order valence-corrected chi connectivity index (χ2v) is 4.04. The molecule has 60 valence electrons. The predicted molar refractivity (Wildman–Crippen MR) is 53.6 cm³/mol. The van der Waals surface area contributed by atoms with Crippen molar-refractivity contribution in [1.29, 1.82) is 0 Å². The van der Waals surface area contributed by atoms with Crippen LogP contribution >= 0.6 is 31.9 Å². The Morgan fingerprint density at radius 2 is 1.82 bits per heavy atom. The van der Waals surface area contributed by atoms with Crippen molar-refractivity contribution in [2.45, 2.75) is 19.8 Å². The Balaban J connectivity index is 3.00. The van der Waals surface area contributed by atoms with E-state index in [-0.39, 0.29) is 0 Å². The van der Waals surface area contributed by atoms with Gasteiger partial charge in [0.05, 0.1) is 0 Å². The zero-order valence-corrected chi connectivity index (χ0v) is 9.44. The minimum Gasteiger partial charge on any atom is -0.262 e. The number of hydrogen-bond acceptors (Lipinski definition) is 1. The molecule has 0 fully saturated rings. The lowest BCUT2D eigenvalue weighted by molar-refractivity contribution is 0.907. The van der Waals surface area contributed by atoms with E-state index in [9.17, 15) is 0 Å². The molecule has 0 saturated heterocycles. The third-order valence-corrected chi connectivity index (χ3v) is 2.82. The van der Waals surface area contributed by atoms with Crippen LogP contribution in [0.15, 0.2) is 21.3 Å². The molecule has 11 heavy (non-hydrogen) atoms. The van der Waals surface area contributed by atoms with Gasteiger partial charge >= 0.3 is 0 Å². The molecule has 1 aromatic heterocycles. The largest absolute Gasteiger partial charge is 0.262 e. The van der Waals surface area contributed by atoms with Crippen LogP contribution in [0, 0.1) is 0 Å². The molecular formula is C8H9Br2N. The number of halogens is 2. The summed E-state index contributed by atoms with van der Waals surface area (Å²) >= 11 is 6.91. The topological polar surface area (TPSA) is 12.9 Å². The number of hydrogen-bond donors (Lipinski definition) is 0. The molecule has 0 bridgehead atoms. The smallest absolute Gasteiger partial charge is 0.0413 e. The number of aromatic nitrogens is 1. The predicted octanol–water partition coefficient (Wildman–Crippen LogP) is 3.56. The Morgan fingerprint density at radius 1 is 1.27 bits per heavy atom. The monoisotopic (exact) mass is 277 g/mol. The molecule has 0 aliphatic carbocycles. The number of nitrogens with zero attached hydrogens (tertiary/aromatic N) is 1. The van der Waals surface area contributed by atoms with Gasteiger partial charge in [0.25, 0.3) is 0 Å². The van der Waals surface area contributed by atoms with Gasteiger partial charge < -0.3 is 0 Å². The zero-order chi connectivity index (χ0) is 8.27. The van der Waals surface area contributed by atoms with Gasteiger partial charge in [-0.15, -0.1) is 0 Å². The molecule has 0 spiro atoms. The van der Waals surface area contributed by atoms with Crippen molar-refractivity contribution in [3.8, 4) is 0 Å². The van der Waals surface area contributed by atoms with Crippen molar-refractivity contribution in [2.24, 2.45) is 0 Å². The van der Waals surface area contributed by atoms with E-state index >= 15 is 0 Å². The normalized spacial score (nSPS) is 10.1. The lowest BCUT2D eigenvalue weighted by atomic mass is 10.2. The lowest BCUT2D eigenvalue weighted by Gasteiger charge is -2.03. The van der Waals surface area contributed by atoms with E-state index in [4.69, 9.17) is 0 Å². The minimum atomic E-state index is 1.09. The molecule has 1 aromatic rings. The third kappa shape index (κ3) is 2.27. The lowest BCUT2D eigenvalue weighted by Crippen LogP contribution is -1.88. The summed E-state index contributed by atoms with van der Waals surface area (Å²) in [6.45, 7) is 2.17. The van der Waals surface area contributed by atoms with E-state index in [0.717, 1.165) is 21.8 Å². The Morgan fingerprint density at radius 3 is 2.27 bits per heavy atom. The number of rotatable bonds is 2. The molecule has 0 atom stereocenters. The van der Waals surface area contributed by atoms with E-state index in [1.165, 1.54) is 5.56 Å².